The number of benzene rings is 2. The van der Waals surface area contributed by atoms with Crippen LogP contribution in [-0.2, 0) is 23.5 Å². The third-order valence-corrected chi connectivity index (χ3v) is 7.06. The van der Waals surface area contributed by atoms with Gasteiger partial charge in [0, 0.05) is 26.3 Å². The Bertz CT molecular complexity index is 1350. The number of nitrogens with zero attached hydrogens (tertiary/aromatic N) is 5. The van der Waals surface area contributed by atoms with Crippen LogP contribution >= 0.6 is 0 Å². The molecule has 164 valence electrons. The van der Waals surface area contributed by atoms with Crippen LogP contribution in [0.3, 0.4) is 0 Å². The maximum absolute atomic E-state index is 13.0. The number of anilines is 2. The maximum atomic E-state index is 13.0. The van der Waals surface area contributed by atoms with Crippen LogP contribution in [0.2, 0.25) is 0 Å². The molecular weight excluding hydrogens is 424 g/mol. The largest absolute Gasteiger partial charge is 0.353 e. The molecule has 9 heteroatoms. The van der Waals surface area contributed by atoms with E-state index in [0.29, 0.717) is 17.3 Å². The van der Waals surface area contributed by atoms with Gasteiger partial charge in [0.05, 0.1) is 22.1 Å². The van der Waals surface area contributed by atoms with E-state index in [1.807, 2.05) is 48.4 Å². The van der Waals surface area contributed by atoms with Crippen molar-refractivity contribution in [3.63, 3.8) is 0 Å². The van der Waals surface area contributed by atoms with Crippen molar-refractivity contribution < 1.29 is 8.42 Å². The van der Waals surface area contributed by atoms with Crippen molar-refractivity contribution in [1.82, 2.24) is 19.7 Å². The molecule has 0 bridgehead atoms. The number of rotatable bonds is 6. The van der Waals surface area contributed by atoms with Crippen LogP contribution in [0, 0.1) is 5.92 Å². The zero-order chi connectivity index (χ0) is 22.1. The highest BCUT2D eigenvalue weighted by Gasteiger charge is 2.28. The fraction of sp³-hybridized carbons (Fsp3) is 0.261. The van der Waals surface area contributed by atoms with Gasteiger partial charge in [-0.1, -0.05) is 30.3 Å². The summed E-state index contributed by atoms with van der Waals surface area (Å²) in [5, 5.41) is 4.26. The highest BCUT2D eigenvalue weighted by atomic mass is 32.2. The Morgan fingerprint density at radius 3 is 2.47 bits per heavy atom. The molecular formula is C23H24N6O2S. The van der Waals surface area contributed by atoms with E-state index < -0.39 is 10.0 Å². The van der Waals surface area contributed by atoms with Crippen molar-refractivity contribution in [3.05, 3.63) is 72.6 Å². The van der Waals surface area contributed by atoms with E-state index in [2.05, 4.69) is 19.7 Å². The van der Waals surface area contributed by atoms with E-state index in [4.69, 9.17) is 4.98 Å². The van der Waals surface area contributed by atoms with E-state index in [1.165, 1.54) is 5.56 Å². The first-order valence-electron chi connectivity index (χ1n) is 10.5. The second kappa shape index (κ2) is 8.23. The fourth-order valence-corrected chi connectivity index (χ4v) is 5.19. The highest BCUT2D eigenvalue weighted by Crippen LogP contribution is 2.32. The Balaban J connectivity index is 1.46. The third-order valence-electron chi connectivity index (χ3n) is 5.70. The lowest BCUT2D eigenvalue weighted by molar-refractivity contribution is 0.586. The summed E-state index contributed by atoms with van der Waals surface area (Å²) in [4.78, 5) is 11.8. The molecule has 1 atom stereocenters. The molecule has 5 rings (SSSR count). The highest BCUT2D eigenvalue weighted by molar-refractivity contribution is 7.92. The fourth-order valence-electron chi connectivity index (χ4n) is 4.17. The van der Waals surface area contributed by atoms with Crippen molar-refractivity contribution in [2.45, 2.75) is 17.7 Å². The molecule has 1 aliphatic heterocycles. The minimum atomic E-state index is -3.78. The van der Waals surface area contributed by atoms with Gasteiger partial charge in [0.15, 0.2) is 11.6 Å². The van der Waals surface area contributed by atoms with E-state index in [9.17, 15) is 8.42 Å². The van der Waals surface area contributed by atoms with Crippen molar-refractivity contribution in [2.24, 2.45) is 13.0 Å². The van der Waals surface area contributed by atoms with Crippen molar-refractivity contribution in [1.29, 1.82) is 0 Å². The van der Waals surface area contributed by atoms with Gasteiger partial charge in [-0.05, 0) is 48.6 Å². The monoisotopic (exact) mass is 448 g/mol. The first kappa shape index (κ1) is 20.4. The van der Waals surface area contributed by atoms with E-state index in [-0.39, 0.29) is 10.7 Å². The van der Waals surface area contributed by atoms with E-state index in [0.717, 1.165) is 31.4 Å². The van der Waals surface area contributed by atoms with Gasteiger partial charge in [-0.2, -0.15) is 5.10 Å². The molecule has 2 aromatic carbocycles. The van der Waals surface area contributed by atoms with E-state index >= 15 is 0 Å². The SMILES string of the molecule is Cn1cc(CC2CCN(c3nc4ccccc4nc3NS(=O)(=O)c3ccccc3)C2)cn1. The number of hydrogen-bond donors (Lipinski definition) is 1. The number of aryl methyl sites for hydroxylation is 1. The molecule has 1 aliphatic rings. The Morgan fingerprint density at radius 2 is 1.75 bits per heavy atom. The molecule has 0 amide bonds. The molecule has 2 aromatic heterocycles. The summed E-state index contributed by atoms with van der Waals surface area (Å²) in [6, 6.07) is 15.8. The Labute approximate surface area is 187 Å². The quantitative estimate of drug-likeness (QED) is 0.487. The molecule has 0 saturated carbocycles. The molecule has 32 heavy (non-hydrogen) atoms. The van der Waals surface area contributed by atoms with Gasteiger partial charge in [0.25, 0.3) is 10.0 Å². The number of para-hydroxylation sites is 2. The molecule has 3 heterocycles. The minimum absolute atomic E-state index is 0.191. The Kier molecular flexibility index (Phi) is 5.26. The van der Waals surface area contributed by atoms with Gasteiger partial charge in [-0.15, -0.1) is 0 Å². The normalized spacial score (nSPS) is 16.5. The van der Waals surface area contributed by atoms with Crippen LogP contribution in [0.1, 0.15) is 12.0 Å². The summed E-state index contributed by atoms with van der Waals surface area (Å²) >= 11 is 0. The molecule has 1 saturated heterocycles. The topological polar surface area (TPSA) is 93.0 Å². The molecule has 1 N–H and O–H groups in total. The first-order valence-corrected chi connectivity index (χ1v) is 12.0. The summed E-state index contributed by atoms with van der Waals surface area (Å²) in [6.07, 6.45) is 5.86. The molecule has 4 aromatic rings. The maximum Gasteiger partial charge on any atom is 0.263 e. The lowest BCUT2D eigenvalue weighted by Crippen LogP contribution is -2.25. The van der Waals surface area contributed by atoms with Crippen LogP contribution in [-0.4, -0.2) is 41.3 Å². The predicted octanol–water partition coefficient (Wildman–Crippen LogP) is 3.23. The summed E-state index contributed by atoms with van der Waals surface area (Å²) < 4.78 is 30.5. The van der Waals surface area contributed by atoms with Crippen LogP contribution in [0.5, 0.6) is 0 Å². The molecule has 0 radical (unpaired) electrons. The van der Waals surface area contributed by atoms with Gasteiger partial charge in [0.2, 0.25) is 0 Å². The average molecular weight is 449 g/mol. The molecule has 1 fully saturated rings. The molecule has 1 unspecified atom stereocenters. The van der Waals surface area contributed by atoms with Gasteiger partial charge in [-0.3, -0.25) is 9.40 Å². The smallest absolute Gasteiger partial charge is 0.263 e. The van der Waals surface area contributed by atoms with Crippen molar-refractivity contribution in [2.75, 3.05) is 22.7 Å². The predicted molar refractivity (Wildman–Crippen MR) is 124 cm³/mol. The number of nitrogens with one attached hydrogen (secondary N) is 1. The second-order valence-electron chi connectivity index (χ2n) is 8.13. The number of aromatic nitrogens is 4. The average Bonchev–Trinajstić information content (AvgIpc) is 3.42. The summed E-state index contributed by atoms with van der Waals surface area (Å²) in [5.41, 5.74) is 2.59. The number of fused-ring (bicyclic) bond motifs is 1. The minimum Gasteiger partial charge on any atom is -0.353 e. The van der Waals surface area contributed by atoms with Crippen molar-refractivity contribution in [3.8, 4) is 0 Å². The van der Waals surface area contributed by atoms with Gasteiger partial charge < -0.3 is 4.90 Å². The zero-order valence-corrected chi connectivity index (χ0v) is 18.5. The third kappa shape index (κ3) is 4.16. The van der Waals surface area contributed by atoms with Crippen LogP contribution in [0.25, 0.3) is 11.0 Å². The van der Waals surface area contributed by atoms with Gasteiger partial charge in [-0.25, -0.2) is 18.4 Å². The first-order chi connectivity index (χ1) is 15.5. The van der Waals surface area contributed by atoms with E-state index in [1.54, 1.807) is 30.3 Å². The molecule has 0 spiro atoms. The van der Waals surface area contributed by atoms with Crippen LogP contribution < -0.4 is 9.62 Å². The summed E-state index contributed by atoms with van der Waals surface area (Å²) in [6.45, 7) is 1.57. The lowest BCUT2D eigenvalue weighted by Gasteiger charge is -2.21. The molecule has 0 aliphatic carbocycles. The van der Waals surface area contributed by atoms with Gasteiger partial charge in [0.1, 0.15) is 0 Å². The van der Waals surface area contributed by atoms with Gasteiger partial charge >= 0.3 is 0 Å². The van der Waals surface area contributed by atoms with Crippen LogP contribution in [0.4, 0.5) is 11.6 Å². The Hall–Kier alpha value is -3.46. The lowest BCUT2D eigenvalue weighted by atomic mass is 10.0. The summed E-state index contributed by atoms with van der Waals surface area (Å²) in [7, 11) is -1.87. The zero-order valence-electron chi connectivity index (χ0n) is 17.7. The van der Waals surface area contributed by atoms with Crippen molar-refractivity contribution >= 4 is 32.7 Å². The summed E-state index contributed by atoms with van der Waals surface area (Å²) in [5.74, 6) is 1.26. The second-order valence-corrected chi connectivity index (χ2v) is 9.81. The van der Waals surface area contributed by atoms with Crippen LogP contribution in [0.15, 0.2) is 71.9 Å². The Morgan fingerprint density at radius 1 is 1.03 bits per heavy atom. The molecule has 8 nitrogen and oxygen atoms in total. The number of sulfonamides is 1. The standard InChI is InChI=1S/C23H24N6O2S/c1-28-15-18(14-24-28)13-17-11-12-29(16-17)23-22(25-20-9-5-6-10-21(20)26-23)27-32(30,31)19-7-3-2-4-8-19/h2-10,14-15,17H,11-13,16H2,1H3,(H,25,27). The number of hydrogen-bond acceptors (Lipinski definition) is 6.